The van der Waals surface area contributed by atoms with Gasteiger partial charge in [0, 0.05) is 6.07 Å². The number of esters is 1. The van der Waals surface area contributed by atoms with Crippen LogP contribution in [0.3, 0.4) is 0 Å². The standard InChI is InChI=1S/C24H26O8/c1-24(2,3)32-21(25)13-30-15-7-8-16-17(12-15)31-18(22(16)26)9-14-10-19(27-4)23(29-6)20(11-14)28-5/h7-12H,13H2,1-6H3. The first-order valence-electron chi connectivity index (χ1n) is 9.88. The minimum absolute atomic E-state index is 0.138. The van der Waals surface area contributed by atoms with Crippen LogP contribution in [0.5, 0.6) is 28.7 Å². The molecule has 32 heavy (non-hydrogen) atoms. The number of benzene rings is 2. The van der Waals surface area contributed by atoms with Gasteiger partial charge >= 0.3 is 5.97 Å². The van der Waals surface area contributed by atoms with Crippen molar-refractivity contribution in [3.63, 3.8) is 0 Å². The highest BCUT2D eigenvalue weighted by Gasteiger charge is 2.28. The summed E-state index contributed by atoms with van der Waals surface area (Å²) >= 11 is 0. The van der Waals surface area contributed by atoms with Gasteiger partial charge in [-0.3, -0.25) is 4.79 Å². The van der Waals surface area contributed by atoms with Gasteiger partial charge in [-0.15, -0.1) is 0 Å². The molecule has 0 aromatic heterocycles. The summed E-state index contributed by atoms with van der Waals surface area (Å²) < 4.78 is 32.5. The molecule has 2 aromatic carbocycles. The third-order valence-corrected chi connectivity index (χ3v) is 4.40. The number of carbonyl (C=O) groups is 2. The van der Waals surface area contributed by atoms with Crippen LogP contribution in [-0.4, -0.2) is 45.3 Å². The van der Waals surface area contributed by atoms with E-state index in [1.807, 2.05) is 0 Å². The van der Waals surface area contributed by atoms with Crippen molar-refractivity contribution in [1.29, 1.82) is 0 Å². The van der Waals surface area contributed by atoms with Crippen molar-refractivity contribution in [1.82, 2.24) is 0 Å². The molecule has 2 aromatic rings. The van der Waals surface area contributed by atoms with Crippen LogP contribution in [0.4, 0.5) is 0 Å². The minimum atomic E-state index is -0.597. The highest BCUT2D eigenvalue weighted by molar-refractivity contribution is 6.14. The summed E-state index contributed by atoms with van der Waals surface area (Å²) in [6.07, 6.45) is 1.59. The van der Waals surface area contributed by atoms with Crippen LogP contribution in [-0.2, 0) is 9.53 Å². The Bertz CT molecular complexity index is 1040. The van der Waals surface area contributed by atoms with Crippen molar-refractivity contribution >= 4 is 17.8 Å². The Morgan fingerprint density at radius 1 is 1.00 bits per heavy atom. The van der Waals surface area contributed by atoms with Crippen molar-refractivity contribution in [3.05, 3.63) is 47.2 Å². The zero-order chi connectivity index (χ0) is 23.5. The molecule has 3 rings (SSSR count). The Kier molecular flexibility index (Phi) is 6.62. The molecule has 0 N–H and O–H groups in total. The molecule has 0 saturated carbocycles. The van der Waals surface area contributed by atoms with E-state index in [0.717, 1.165) is 0 Å². The third kappa shape index (κ3) is 5.14. The Morgan fingerprint density at radius 2 is 1.66 bits per heavy atom. The van der Waals surface area contributed by atoms with E-state index in [9.17, 15) is 9.59 Å². The fourth-order valence-corrected chi connectivity index (χ4v) is 3.11. The molecular weight excluding hydrogens is 416 g/mol. The number of ketones is 1. The molecule has 1 aliphatic heterocycles. The number of carbonyl (C=O) groups excluding carboxylic acids is 2. The fraction of sp³-hybridized carbons (Fsp3) is 0.333. The smallest absolute Gasteiger partial charge is 0.344 e. The van der Waals surface area contributed by atoms with Gasteiger partial charge in [-0.25, -0.2) is 4.79 Å². The number of fused-ring (bicyclic) bond motifs is 1. The second-order valence-corrected chi connectivity index (χ2v) is 7.93. The average Bonchev–Trinajstić information content (AvgIpc) is 3.04. The maximum atomic E-state index is 12.8. The summed E-state index contributed by atoms with van der Waals surface area (Å²) in [5, 5.41) is 0. The number of methoxy groups -OCH3 is 3. The van der Waals surface area contributed by atoms with Crippen molar-refractivity contribution in [2.24, 2.45) is 0 Å². The number of Topliss-reactive ketones (excluding diaryl/α,β-unsaturated/α-hetero) is 1. The molecule has 8 heteroatoms. The fourth-order valence-electron chi connectivity index (χ4n) is 3.11. The SMILES string of the molecule is COc1cc(C=C2Oc3cc(OCC(=O)OC(C)(C)C)ccc3C2=O)cc(OC)c1OC. The normalized spacial score (nSPS) is 13.9. The van der Waals surface area contributed by atoms with Gasteiger partial charge in [0.15, 0.2) is 23.9 Å². The molecule has 1 heterocycles. The zero-order valence-electron chi connectivity index (χ0n) is 18.9. The minimum Gasteiger partial charge on any atom is -0.493 e. The number of allylic oxidation sites excluding steroid dienone is 1. The topological polar surface area (TPSA) is 89.5 Å². The van der Waals surface area contributed by atoms with E-state index in [0.29, 0.717) is 39.9 Å². The van der Waals surface area contributed by atoms with E-state index in [1.165, 1.54) is 21.3 Å². The van der Waals surface area contributed by atoms with Gasteiger partial charge in [0.25, 0.3) is 0 Å². The van der Waals surface area contributed by atoms with E-state index in [2.05, 4.69) is 0 Å². The lowest BCUT2D eigenvalue weighted by molar-refractivity contribution is -0.157. The summed E-state index contributed by atoms with van der Waals surface area (Å²) in [5.41, 5.74) is 0.436. The number of hydrogen-bond acceptors (Lipinski definition) is 8. The van der Waals surface area contributed by atoms with Gasteiger partial charge in [-0.1, -0.05) is 0 Å². The number of rotatable bonds is 7. The summed E-state index contributed by atoms with van der Waals surface area (Å²) in [4.78, 5) is 24.6. The number of ether oxygens (including phenoxy) is 6. The van der Waals surface area contributed by atoms with E-state index >= 15 is 0 Å². The van der Waals surface area contributed by atoms with E-state index in [4.69, 9.17) is 28.4 Å². The molecule has 0 atom stereocenters. The molecule has 0 aliphatic carbocycles. The molecule has 8 nitrogen and oxygen atoms in total. The van der Waals surface area contributed by atoms with Crippen LogP contribution in [0.25, 0.3) is 6.08 Å². The summed E-state index contributed by atoms with van der Waals surface area (Å²) in [6.45, 7) is 5.09. The summed E-state index contributed by atoms with van der Waals surface area (Å²) in [5.74, 6) is 1.47. The molecule has 170 valence electrons. The highest BCUT2D eigenvalue weighted by Crippen LogP contribution is 2.40. The Labute approximate surface area is 186 Å². The molecular formula is C24H26O8. The predicted molar refractivity (Wildman–Crippen MR) is 117 cm³/mol. The van der Waals surface area contributed by atoms with Crippen molar-refractivity contribution in [2.45, 2.75) is 26.4 Å². The largest absolute Gasteiger partial charge is 0.493 e. The molecule has 1 aliphatic rings. The molecule has 0 spiro atoms. The van der Waals surface area contributed by atoms with Gasteiger partial charge in [0.2, 0.25) is 11.5 Å². The maximum Gasteiger partial charge on any atom is 0.344 e. The van der Waals surface area contributed by atoms with E-state index in [1.54, 1.807) is 57.2 Å². The van der Waals surface area contributed by atoms with Crippen LogP contribution >= 0.6 is 0 Å². The second-order valence-electron chi connectivity index (χ2n) is 7.93. The monoisotopic (exact) mass is 442 g/mol. The van der Waals surface area contributed by atoms with E-state index in [-0.39, 0.29) is 18.1 Å². The van der Waals surface area contributed by atoms with Crippen molar-refractivity contribution < 1.29 is 38.0 Å². The molecule has 0 radical (unpaired) electrons. The van der Waals surface area contributed by atoms with Gasteiger partial charge in [-0.2, -0.15) is 0 Å². The van der Waals surface area contributed by atoms with Gasteiger partial charge in [0.1, 0.15) is 17.1 Å². The first-order chi connectivity index (χ1) is 15.1. The molecule has 0 unspecified atom stereocenters. The maximum absolute atomic E-state index is 12.8. The number of hydrogen-bond donors (Lipinski definition) is 0. The van der Waals surface area contributed by atoms with Gasteiger partial charge < -0.3 is 28.4 Å². The molecule has 0 saturated heterocycles. The van der Waals surface area contributed by atoms with Crippen LogP contribution in [0.15, 0.2) is 36.1 Å². The Balaban J connectivity index is 1.79. The Hall–Kier alpha value is -3.68. The van der Waals surface area contributed by atoms with Gasteiger partial charge in [-0.05, 0) is 56.7 Å². The molecule has 0 fully saturated rings. The lowest BCUT2D eigenvalue weighted by Crippen LogP contribution is -2.27. The van der Waals surface area contributed by atoms with E-state index < -0.39 is 11.6 Å². The highest BCUT2D eigenvalue weighted by atomic mass is 16.6. The average molecular weight is 442 g/mol. The van der Waals surface area contributed by atoms with Crippen LogP contribution in [0.1, 0.15) is 36.7 Å². The third-order valence-electron chi connectivity index (χ3n) is 4.40. The Morgan fingerprint density at radius 3 is 2.22 bits per heavy atom. The van der Waals surface area contributed by atoms with Crippen LogP contribution in [0, 0.1) is 0 Å². The predicted octanol–water partition coefficient (Wildman–Crippen LogP) is 4.05. The lowest BCUT2D eigenvalue weighted by atomic mass is 10.1. The lowest BCUT2D eigenvalue weighted by Gasteiger charge is -2.19. The summed E-state index contributed by atoms with van der Waals surface area (Å²) in [6, 6.07) is 8.19. The first kappa shape index (κ1) is 23.0. The summed E-state index contributed by atoms with van der Waals surface area (Å²) in [7, 11) is 4.54. The molecule has 0 amide bonds. The quantitative estimate of drug-likeness (QED) is 0.469. The van der Waals surface area contributed by atoms with Crippen LogP contribution < -0.4 is 23.7 Å². The second kappa shape index (κ2) is 9.21. The molecule has 0 bridgehead atoms. The van der Waals surface area contributed by atoms with Crippen LogP contribution in [0.2, 0.25) is 0 Å². The first-order valence-corrected chi connectivity index (χ1v) is 9.88. The van der Waals surface area contributed by atoms with Crippen molar-refractivity contribution in [2.75, 3.05) is 27.9 Å². The van der Waals surface area contributed by atoms with Gasteiger partial charge in [0.05, 0.1) is 26.9 Å². The van der Waals surface area contributed by atoms with Crippen molar-refractivity contribution in [3.8, 4) is 28.7 Å². The zero-order valence-corrected chi connectivity index (χ0v) is 18.9.